The van der Waals surface area contributed by atoms with Crippen LogP contribution in [0, 0.1) is 13.8 Å². The molecular formula is C28H27NO7. The molecule has 0 radical (unpaired) electrons. The highest BCUT2D eigenvalue weighted by atomic mass is 16.6. The van der Waals surface area contributed by atoms with E-state index in [2.05, 4.69) is 0 Å². The molecule has 0 saturated carbocycles. The van der Waals surface area contributed by atoms with E-state index in [1.165, 1.54) is 0 Å². The van der Waals surface area contributed by atoms with Crippen LogP contribution in [0.15, 0.2) is 59.0 Å². The predicted molar refractivity (Wildman–Crippen MR) is 132 cm³/mol. The third kappa shape index (κ3) is 4.47. The number of ketones is 1. The SMILES string of the molecule is COCc1c(C(=O)OCC(=O)c2cc(C)n(C[C@@H]3COc4ccccc4O3)c2C)oc2ccccc12. The number of ether oxygens (including phenoxy) is 4. The molecule has 0 amide bonds. The molecule has 2 aromatic carbocycles. The molecule has 186 valence electrons. The van der Waals surface area contributed by atoms with Crippen molar-refractivity contribution in [2.75, 3.05) is 20.3 Å². The Kier molecular flexibility index (Phi) is 6.52. The maximum atomic E-state index is 13.0. The first-order valence-electron chi connectivity index (χ1n) is 11.7. The van der Waals surface area contributed by atoms with Crippen LogP contribution in [-0.2, 0) is 22.6 Å². The molecule has 4 aromatic rings. The zero-order valence-corrected chi connectivity index (χ0v) is 20.4. The molecule has 3 heterocycles. The van der Waals surface area contributed by atoms with Crippen LogP contribution in [0.25, 0.3) is 11.0 Å². The Bertz CT molecular complexity index is 1430. The minimum absolute atomic E-state index is 0.0473. The Labute approximate surface area is 208 Å². The van der Waals surface area contributed by atoms with Crippen molar-refractivity contribution in [3.63, 3.8) is 0 Å². The average molecular weight is 490 g/mol. The fourth-order valence-electron chi connectivity index (χ4n) is 4.55. The van der Waals surface area contributed by atoms with Crippen molar-refractivity contribution in [3.8, 4) is 11.5 Å². The number of Topliss-reactive ketones (excluding diaryl/α,β-unsaturated/α-hetero) is 1. The molecule has 1 aliphatic rings. The second-order valence-corrected chi connectivity index (χ2v) is 8.73. The lowest BCUT2D eigenvalue weighted by molar-refractivity contribution is 0.0440. The number of fused-ring (bicyclic) bond motifs is 2. The number of methoxy groups -OCH3 is 1. The maximum Gasteiger partial charge on any atom is 0.375 e. The molecular weight excluding hydrogens is 462 g/mol. The summed E-state index contributed by atoms with van der Waals surface area (Å²) in [5, 5.41) is 0.776. The van der Waals surface area contributed by atoms with Crippen LogP contribution in [0.4, 0.5) is 0 Å². The molecule has 8 nitrogen and oxygen atoms in total. The van der Waals surface area contributed by atoms with Gasteiger partial charge in [0, 0.05) is 35.0 Å². The highest BCUT2D eigenvalue weighted by Crippen LogP contribution is 2.32. The fraction of sp³-hybridized carbons (Fsp3) is 0.286. The van der Waals surface area contributed by atoms with Crippen LogP contribution >= 0.6 is 0 Å². The van der Waals surface area contributed by atoms with E-state index in [0.717, 1.165) is 22.5 Å². The van der Waals surface area contributed by atoms with E-state index in [0.29, 0.717) is 35.6 Å². The Balaban J connectivity index is 1.27. The molecule has 0 bridgehead atoms. The number of para-hydroxylation sites is 3. The maximum absolute atomic E-state index is 13.0. The van der Waals surface area contributed by atoms with Gasteiger partial charge in [-0.2, -0.15) is 0 Å². The number of rotatable bonds is 8. The van der Waals surface area contributed by atoms with Crippen molar-refractivity contribution in [2.45, 2.75) is 33.1 Å². The van der Waals surface area contributed by atoms with E-state index >= 15 is 0 Å². The van der Waals surface area contributed by atoms with Crippen molar-refractivity contribution in [3.05, 3.63) is 82.9 Å². The topological polar surface area (TPSA) is 89.1 Å². The van der Waals surface area contributed by atoms with Gasteiger partial charge < -0.3 is 27.9 Å². The van der Waals surface area contributed by atoms with Gasteiger partial charge >= 0.3 is 5.97 Å². The van der Waals surface area contributed by atoms with Crippen LogP contribution in [0.3, 0.4) is 0 Å². The number of aromatic nitrogens is 1. The first-order valence-corrected chi connectivity index (χ1v) is 11.7. The van der Waals surface area contributed by atoms with Crippen molar-refractivity contribution in [2.24, 2.45) is 0 Å². The quantitative estimate of drug-likeness (QED) is 0.257. The van der Waals surface area contributed by atoms with Gasteiger partial charge in [-0.3, -0.25) is 4.79 Å². The number of carbonyl (C=O) groups is 2. The third-order valence-electron chi connectivity index (χ3n) is 6.33. The van der Waals surface area contributed by atoms with Crippen molar-refractivity contribution in [1.82, 2.24) is 4.57 Å². The second kappa shape index (κ2) is 9.91. The lowest BCUT2D eigenvalue weighted by Crippen LogP contribution is -2.33. The van der Waals surface area contributed by atoms with E-state index in [1.54, 1.807) is 19.2 Å². The Morgan fingerprint density at radius 2 is 1.81 bits per heavy atom. The lowest BCUT2D eigenvalue weighted by atomic mass is 10.1. The molecule has 0 N–H and O–H groups in total. The second-order valence-electron chi connectivity index (χ2n) is 8.73. The summed E-state index contributed by atoms with van der Waals surface area (Å²) in [5.74, 6) is 0.486. The summed E-state index contributed by atoms with van der Waals surface area (Å²) in [7, 11) is 1.54. The number of furan rings is 1. The van der Waals surface area contributed by atoms with Gasteiger partial charge in [-0.25, -0.2) is 4.79 Å². The molecule has 8 heteroatoms. The summed E-state index contributed by atoms with van der Waals surface area (Å²) < 4.78 is 30.2. The van der Waals surface area contributed by atoms with E-state index < -0.39 is 12.6 Å². The number of benzene rings is 2. The summed E-state index contributed by atoms with van der Waals surface area (Å²) in [6.45, 7) is 4.53. The summed E-state index contributed by atoms with van der Waals surface area (Å²) in [6, 6.07) is 16.7. The molecule has 0 aliphatic carbocycles. The molecule has 36 heavy (non-hydrogen) atoms. The van der Waals surface area contributed by atoms with Crippen molar-refractivity contribution < 1.29 is 33.0 Å². The van der Waals surface area contributed by atoms with Gasteiger partial charge in [0.2, 0.25) is 11.5 Å². The first kappa shape index (κ1) is 23.7. The Morgan fingerprint density at radius 3 is 2.61 bits per heavy atom. The van der Waals surface area contributed by atoms with E-state index in [9.17, 15) is 9.59 Å². The zero-order valence-electron chi connectivity index (χ0n) is 20.4. The highest BCUT2D eigenvalue weighted by Gasteiger charge is 2.26. The van der Waals surface area contributed by atoms with Gasteiger partial charge in [0.15, 0.2) is 24.2 Å². The van der Waals surface area contributed by atoms with Gasteiger partial charge in [-0.1, -0.05) is 30.3 Å². The van der Waals surface area contributed by atoms with Gasteiger partial charge in [-0.05, 0) is 38.1 Å². The minimum Gasteiger partial charge on any atom is -0.486 e. The summed E-state index contributed by atoms with van der Waals surface area (Å²) >= 11 is 0. The van der Waals surface area contributed by atoms with Crippen molar-refractivity contribution in [1.29, 1.82) is 0 Å². The fourth-order valence-corrected chi connectivity index (χ4v) is 4.55. The van der Waals surface area contributed by atoms with E-state index in [-0.39, 0.29) is 24.3 Å². The van der Waals surface area contributed by atoms with Crippen LogP contribution in [-0.4, -0.2) is 42.7 Å². The van der Waals surface area contributed by atoms with Crippen LogP contribution in [0.2, 0.25) is 0 Å². The van der Waals surface area contributed by atoms with Gasteiger partial charge in [0.1, 0.15) is 12.2 Å². The molecule has 0 spiro atoms. The standard InChI is InChI=1S/C28H27NO7/c1-17-12-21(18(2)29(17)13-19-14-33-25-10-6-7-11-26(25)35-19)23(30)16-34-28(31)27-22(15-32-3)20-8-4-5-9-24(20)36-27/h4-12,19H,13-16H2,1-3H3/t19-/m1/s1. The minimum atomic E-state index is -0.702. The smallest absolute Gasteiger partial charge is 0.375 e. The van der Waals surface area contributed by atoms with Crippen LogP contribution in [0.5, 0.6) is 11.5 Å². The summed E-state index contributed by atoms with van der Waals surface area (Å²) in [6.07, 6.45) is -0.197. The van der Waals surface area contributed by atoms with Crippen LogP contribution < -0.4 is 9.47 Å². The molecule has 1 aliphatic heterocycles. The van der Waals surface area contributed by atoms with Gasteiger partial charge in [0.05, 0.1) is 13.2 Å². The number of carbonyl (C=O) groups excluding carboxylic acids is 2. The number of hydrogen-bond donors (Lipinski definition) is 0. The monoisotopic (exact) mass is 489 g/mol. The lowest BCUT2D eigenvalue weighted by Gasteiger charge is -2.27. The predicted octanol–water partition coefficient (Wildman–Crippen LogP) is 4.88. The average Bonchev–Trinajstić information content (AvgIpc) is 3.40. The zero-order chi connectivity index (χ0) is 25.2. The normalized spacial score (nSPS) is 14.7. The number of esters is 1. The molecule has 1 atom stereocenters. The Hall–Kier alpha value is -4.04. The van der Waals surface area contributed by atoms with E-state index in [1.807, 2.05) is 60.9 Å². The van der Waals surface area contributed by atoms with Gasteiger partial charge in [-0.15, -0.1) is 0 Å². The number of nitrogens with zero attached hydrogens (tertiary/aromatic N) is 1. The highest BCUT2D eigenvalue weighted by molar-refractivity contribution is 6.01. The Morgan fingerprint density at radius 1 is 1.06 bits per heavy atom. The first-order chi connectivity index (χ1) is 17.5. The summed E-state index contributed by atoms with van der Waals surface area (Å²) in [5.41, 5.74) is 3.34. The van der Waals surface area contributed by atoms with Crippen LogP contribution in [0.1, 0.15) is 37.9 Å². The number of hydrogen-bond acceptors (Lipinski definition) is 7. The van der Waals surface area contributed by atoms with Crippen molar-refractivity contribution >= 4 is 22.7 Å². The largest absolute Gasteiger partial charge is 0.486 e. The molecule has 0 saturated heterocycles. The van der Waals surface area contributed by atoms with Gasteiger partial charge in [0.25, 0.3) is 0 Å². The van der Waals surface area contributed by atoms with E-state index in [4.69, 9.17) is 23.4 Å². The molecule has 5 rings (SSSR count). The molecule has 0 unspecified atom stereocenters. The molecule has 0 fully saturated rings. The number of aryl methyl sites for hydroxylation is 1. The molecule has 2 aromatic heterocycles. The summed E-state index contributed by atoms with van der Waals surface area (Å²) in [4.78, 5) is 25.8. The third-order valence-corrected chi connectivity index (χ3v) is 6.33.